The molecule has 122 valence electrons. The van der Waals surface area contributed by atoms with Crippen molar-refractivity contribution >= 4 is 45.0 Å². The molecular formula is C20H15N3OS. The molecule has 25 heavy (non-hydrogen) atoms. The van der Waals surface area contributed by atoms with E-state index in [2.05, 4.69) is 15.3 Å². The maximum absolute atomic E-state index is 12.4. The van der Waals surface area contributed by atoms with Crippen LogP contribution in [-0.4, -0.2) is 21.6 Å². The first kappa shape index (κ1) is 15.6. The molecule has 0 radical (unpaired) electrons. The van der Waals surface area contributed by atoms with Crippen molar-refractivity contribution in [3.63, 3.8) is 0 Å². The van der Waals surface area contributed by atoms with Crippen LogP contribution in [0, 0.1) is 0 Å². The van der Waals surface area contributed by atoms with Crippen molar-refractivity contribution in [3.8, 4) is 0 Å². The number of aromatic nitrogens is 2. The van der Waals surface area contributed by atoms with Gasteiger partial charge in [0.05, 0.1) is 11.3 Å². The zero-order valence-electron chi connectivity index (χ0n) is 13.3. The highest BCUT2D eigenvalue weighted by molar-refractivity contribution is 8.00. The molecule has 1 aromatic heterocycles. The molecule has 5 heteroatoms. The third-order valence-corrected chi connectivity index (χ3v) is 4.92. The molecule has 0 atom stereocenters. The van der Waals surface area contributed by atoms with E-state index < -0.39 is 0 Å². The van der Waals surface area contributed by atoms with Crippen molar-refractivity contribution < 1.29 is 4.79 Å². The lowest BCUT2D eigenvalue weighted by molar-refractivity contribution is -0.113. The van der Waals surface area contributed by atoms with Crippen LogP contribution in [0.3, 0.4) is 0 Å². The van der Waals surface area contributed by atoms with Gasteiger partial charge in [0.2, 0.25) is 5.91 Å². The standard InChI is InChI=1S/C20H15N3OS/c24-19(23-18-11-5-7-14-6-1-2-8-15(14)18)12-25-20-16-9-3-4-10-17(16)21-13-22-20/h1-11,13H,12H2,(H,23,24). The zero-order chi connectivity index (χ0) is 17.1. The van der Waals surface area contributed by atoms with Crippen molar-refractivity contribution in [3.05, 3.63) is 73.1 Å². The third-order valence-electron chi connectivity index (χ3n) is 3.91. The van der Waals surface area contributed by atoms with Crippen LogP contribution >= 0.6 is 11.8 Å². The van der Waals surface area contributed by atoms with E-state index in [-0.39, 0.29) is 5.91 Å². The Kier molecular flexibility index (Phi) is 4.31. The SMILES string of the molecule is O=C(CSc1ncnc2ccccc12)Nc1cccc2ccccc12. The van der Waals surface area contributed by atoms with Crippen LogP contribution in [0.2, 0.25) is 0 Å². The number of nitrogens with one attached hydrogen (secondary N) is 1. The highest BCUT2D eigenvalue weighted by Gasteiger charge is 2.09. The number of hydrogen-bond donors (Lipinski definition) is 1. The van der Waals surface area contributed by atoms with Crippen molar-refractivity contribution in [1.29, 1.82) is 0 Å². The van der Waals surface area contributed by atoms with Gasteiger partial charge >= 0.3 is 0 Å². The smallest absolute Gasteiger partial charge is 0.234 e. The van der Waals surface area contributed by atoms with Crippen LogP contribution in [0.1, 0.15) is 0 Å². The Labute approximate surface area is 149 Å². The lowest BCUT2D eigenvalue weighted by Crippen LogP contribution is -2.14. The second kappa shape index (κ2) is 6.91. The summed E-state index contributed by atoms with van der Waals surface area (Å²) in [5.41, 5.74) is 1.71. The second-order valence-electron chi connectivity index (χ2n) is 5.56. The number of carbonyl (C=O) groups excluding carboxylic acids is 1. The molecule has 0 saturated carbocycles. The maximum Gasteiger partial charge on any atom is 0.234 e. The van der Waals surface area contributed by atoms with Gasteiger partial charge in [-0.05, 0) is 17.5 Å². The average molecular weight is 345 g/mol. The monoisotopic (exact) mass is 345 g/mol. The molecule has 1 heterocycles. The van der Waals surface area contributed by atoms with E-state index in [0.717, 1.165) is 32.4 Å². The molecule has 0 fully saturated rings. The van der Waals surface area contributed by atoms with Gasteiger partial charge in [-0.2, -0.15) is 0 Å². The molecule has 1 N–H and O–H groups in total. The number of amides is 1. The van der Waals surface area contributed by atoms with Gasteiger partial charge in [0.15, 0.2) is 0 Å². The number of nitrogens with zero attached hydrogens (tertiary/aromatic N) is 2. The molecule has 0 bridgehead atoms. The summed E-state index contributed by atoms with van der Waals surface area (Å²) in [6, 6.07) is 21.7. The van der Waals surface area contributed by atoms with Crippen LogP contribution in [0.5, 0.6) is 0 Å². The maximum atomic E-state index is 12.4. The third kappa shape index (κ3) is 3.32. The fraction of sp³-hybridized carbons (Fsp3) is 0.0500. The predicted octanol–water partition coefficient (Wildman–Crippen LogP) is 4.51. The van der Waals surface area contributed by atoms with Crippen LogP contribution in [0.25, 0.3) is 21.7 Å². The topological polar surface area (TPSA) is 54.9 Å². The molecule has 3 aromatic carbocycles. The minimum absolute atomic E-state index is 0.0518. The second-order valence-corrected chi connectivity index (χ2v) is 6.52. The van der Waals surface area contributed by atoms with Gasteiger partial charge in [-0.1, -0.05) is 66.4 Å². The Balaban J connectivity index is 1.50. The fourth-order valence-corrected chi connectivity index (χ4v) is 3.54. The van der Waals surface area contributed by atoms with E-state index in [1.54, 1.807) is 0 Å². The molecule has 0 aliphatic carbocycles. The summed E-state index contributed by atoms with van der Waals surface area (Å²) >= 11 is 1.42. The average Bonchev–Trinajstić information content (AvgIpc) is 2.66. The van der Waals surface area contributed by atoms with Crippen molar-refractivity contribution in [2.45, 2.75) is 5.03 Å². The Morgan fingerprint density at radius 1 is 0.880 bits per heavy atom. The summed E-state index contributed by atoms with van der Waals surface area (Å²) in [5, 5.41) is 6.93. The van der Waals surface area contributed by atoms with E-state index in [0.29, 0.717) is 5.75 Å². The van der Waals surface area contributed by atoms with Gasteiger partial charge in [0.1, 0.15) is 11.4 Å². The Morgan fingerprint density at radius 3 is 2.56 bits per heavy atom. The van der Waals surface area contributed by atoms with E-state index in [1.807, 2.05) is 66.7 Å². The van der Waals surface area contributed by atoms with Crippen molar-refractivity contribution in [1.82, 2.24) is 9.97 Å². The first-order chi connectivity index (χ1) is 12.3. The molecule has 0 aliphatic rings. The number of carbonyl (C=O) groups is 1. The lowest BCUT2D eigenvalue weighted by Gasteiger charge is -2.09. The highest BCUT2D eigenvalue weighted by atomic mass is 32.2. The van der Waals surface area contributed by atoms with Crippen molar-refractivity contribution in [2.75, 3.05) is 11.1 Å². The number of rotatable bonds is 4. The quantitative estimate of drug-likeness (QED) is 0.437. The van der Waals surface area contributed by atoms with Crippen LogP contribution in [-0.2, 0) is 4.79 Å². The molecule has 0 unspecified atom stereocenters. The van der Waals surface area contributed by atoms with E-state index in [1.165, 1.54) is 18.1 Å². The van der Waals surface area contributed by atoms with Gasteiger partial charge in [-0.15, -0.1) is 0 Å². The van der Waals surface area contributed by atoms with E-state index in [4.69, 9.17) is 0 Å². The van der Waals surface area contributed by atoms with Crippen LogP contribution in [0.15, 0.2) is 78.1 Å². The van der Waals surface area contributed by atoms with Crippen molar-refractivity contribution in [2.24, 2.45) is 0 Å². The predicted molar refractivity (Wildman–Crippen MR) is 103 cm³/mol. The highest BCUT2D eigenvalue weighted by Crippen LogP contribution is 2.26. The van der Waals surface area contributed by atoms with Crippen LogP contribution in [0.4, 0.5) is 5.69 Å². The largest absolute Gasteiger partial charge is 0.325 e. The number of hydrogen-bond acceptors (Lipinski definition) is 4. The number of para-hydroxylation sites is 1. The number of benzene rings is 3. The van der Waals surface area contributed by atoms with E-state index in [9.17, 15) is 4.79 Å². The van der Waals surface area contributed by atoms with Gasteiger partial charge in [0.25, 0.3) is 0 Å². The summed E-state index contributed by atoms with van der Waals surface area (Å²) in [7, 11) is 0. The first-order valence-electron chi connectivity index (χ1n) is 7.91. The van der Waals surface area contributed by atoms with Crippen LogP contribution < -0.4 is 5.32 Å². The molecule has 4 rings (SSSR count). The zero-order valence-corrected chi connectivity index (χ0v) is 14.2. The summed E-state index contributed by atoms with van der Waals surface area (Å²) < 4.78 is 0. The molecule has 0 spiro atoms. The Morgan fingerprint density at radius 2 is 1.64 bits per heavy atom. The van der Waals surface area contributed by atoms with Gasteiger partial charge in [-0.3, -0.25) is 4.79 Å². The lowest BCUT2D eigenvalue weighted by atomic mass is 10.1. The van der Waals surface area contributed by atoms with Gasteiger partial charge < -0.3 is 5.32 Å². The number of anilines is 1. The minimum Gasteiger partial charge on any atom is -0.325 e. The summed E-state index contributed by atoms with van der Waals surface area (Å²) in [6.07, 6.45) is 1.53. The molecule has 0 saturated heterocycles. The Bertz CT molecular complexity index is 1050. The van der Waals surface area contributed by atoms with Gasteiger partial charge in [-0.25, -0.2) is 9.97 Å². The number of thioether (sulfide) groups is 1. The fourth-order valence-electron chi connectivity index (χ4n) is 2.75. The molecule has 4 nitrogen and oxygen atoms in total. The summed E-state index contributed by atoms with van der Waals surface area (Å²) in [5.74, 6) is 0.244. The normalized spacial score (nSPS) is 10.9. The first-order valence-corrected chi connectivity index (χ1v) is 8.90. The Hall–Kier alpha value is -2.92. The molecular weight excluding hydrogens is 330 g/mol. The summed E-state index contributed by atoms with van der Waals surface area (Å²) in [4.78, 5) is 20.9. The number of fused-ring (bicyclic) bond motifs is 2. The van der Waals surface area contributed by atoms with E-state index >= 15 is 0 Å². The molecule has 1 amide bonds. The molecule has 0 aliphatic heterocycles. The molecule has 4 aromatic rings. The summed E-state index contributed by atoms with van der Waals surface area (Å²) in [6.45, 7) is 0. The van der Waals surface area contributed by atoms with Gasteiger partial charge in [0, 0.05) is 16.5 Å². The minimum atomic E-state index is -0.0518.